The maximum Gasteiger partial charge on any atom is 0.304 e. The van der Waals surface area contributed by atoms with Crippen molar-refractivity contribution in [2.45, 2.75) is 19.4 Å². The van der Waals surface area contributed by atoms with Crippen molar-refractivity contribution in [3.8, 4) is 5.75 Å². The number of methoxy groups -OCH3 is 1. The number of carbonyl (C=O) groups excluding carboxylic acids is 1. The number of anilines is 1. The van der Waals surface area contributed by atoms with Crippen molar-refractivity contribution in [2.24, 2.45) is 0 Å². The number of carboxylic acid groups (broad SMARTS) is 1. The van der Waals surface area contributed by atoms with Crippen molar-refractivity contribution in [2.75, 3.05) is 26.0 Å². The summed E-state index contributed by atoms with van der Waals surface area (Å²) < 4.78 is 5.16. The van der Waals surface area contributed by atoms with E-state index in [9.17, 15) is 9.59 Å². The van der Waals surface area contributed by atoms with Crippen LogP contribution in [0.4, 0.5) is 5.69 Å². The van der Waals surface area contributed by atoms with Crippen LogP contribution < -0.4 is 10.1 Å². The lowest BCUT2D eigenvalue weighted by molar-refractivity contribution is -0.137. The lowest BCUT2D eigenvalue weighted by atomic mass is 10.2. The molecule has 1 aromatic carbocycles. The molecule has 0 aliphatic carbocycles. The van der Waals surface area contributed by atoms with Gasteiger partial charge >= 0.3 is 5.97 Å². The number of likely N-dealkylation sites (N-methyl/N-ethyl adjacent to an activating group) is 1. The van der Waals surface area contributed by atoms with E-state index in [-0.39, 0.29) is 12.3 Å². The third-order valence-corrected chi connectivity index (χ3v) is 3.08. The maximum absolute atomic E-state index is 12.1. The Balaban J connectivity index is 2.63. The van der Waals surface area contributed by atoms with Gasteiger partial charge in [-0.25, -0.2) is 0 Å². The van der Waals surface area contributed by atoms with Crippen LogP contribution in [0.5, 0.6) is 5.75 Å². The number of aliphatic carboxylic acids is 1. The molecule has 6 heteroatoms. The Labute approximate surface area is 118 Å². The van der Waals surface area contributed by atoms with Gasteiger partial charge in [0.25, 0.3) is 0 Å². The van der Waals surface area contributed by atoms with Crippen molar-refractivity contribution < 1.29 is 19.4 Å². The third kappa shape index (κ3) is 4.55. The predicted molar refractivity (Wildman–Crippen MR) is 76.0 cm³/mol. The zero-order chi connectivity index (χ0) is 15.1. The van der Waals surface area contributed by atoms with Crippen LogP contribution in [-0.4, -0.2) is 48.6 Å². The summed E-state index contributed by atoms with van der Waals surface area (Å²) in [5.41, 5.74) is 0.596. The number of ether oxygens (including phenoxy) is 1. The molecule has 0 spiro atoms. The first-order valence-corrected chi connectivity index (χ1v) is 6.31. The van der Waals surface area contributed by atoms with E-state index in [1.165, 1.54) is 7.11 Å². The molecule has 0 saturated carbocycles. The van der Waals surface area contributed by atoms with Crippen LogP contribution in [-0.2, 0) is 9.59 Å². The molecule has 110 valence electrons. The Kier molecular flexibility index (Phi) is 5.99. The van der Waals surface area contributed by atoms with Gasteiger partial charge in [-0.15, -0.1) is 0 Å². The van der Waals surface area contributed by atoms with Gasteiger partial charge in [0.15, 0.2) is 0 Å². The Hall–Kier alpha value is -2.08. The summed E-state index contributed by atoms with van der Waals surface area (Å²) in [5.74, 6) is -0.502. The van der Waals surface area contributed by atoms with Gasteiger partial charge in [-0.3, -0.25) is 14.5 Å². The topological polar surface area (TPSA) is 78.9 Å². The van der Waals surface area contributed by atoms with E-state index in [0.29, 0.717) is 18.0 Å². The number of amides is 1. The Morgan fingerprint density at radius 3 is 2.65 bits per heavy atom. The van der Waals surface area contributed by atoms with Crippen LogP contribution in [0.15, 0.2) is 24.3 Å². The smallest absolute Gasteiger partial charge is 0.304 e. The molecule has 0 fully saturated rings. The first-order valence-electron chi connectivity index (χ1n) is 6.31. The summed E-state index contributed by atoms with van der Waals surface area (Å²) in [4.78, 5) is 24.3. The fraction of sp³-hybridized carbons (Fsp3) is 0.429. The van der Waals surface area contributed by atoms with E-state index >= 15 is 0 Å². The van der Waals surface area contributed by atoms with Gasteiger partial charge in [-0.1, -0.05) is 12.1 Å². The molecular weight excluding hydrogens is 260 g/mol. The summed E-state index contributed by atoms with van der Waals surface area (Å²) in [5, 5.41) is 11.4. The Morgan fingerprint density at radius 1 is 1.40 bits per heavy atom. The third-order valence-electron chi connectivity index (χ3n) is 3.08. The van der Waals surface area contributed by atoms with Crippen LogP contribution in [0.3, 0.4) is 0 Å². The van der Waals surface area contributed by atoms with Gasteiger partial charge in [0.05, 0.1) is 25.3 Å². The minimum atomic E-state index is -0.880. The number of nitrogens with zero attached hydrogens (tertiary/aromatic N) is 1. The monoisotopic (exact) mass is 280 g/mol. The van der Waals surface area contributed by atoms with Gasteiger partial charge in [0.1, 0.15) is 5.75 Å². The molecule has 1 rings (SSSR count). The summed E-state index contributed by atoms with van der Waals surface area (Å²) in [6.07, 6.45) is 0.00276. The van der Waals surface area contributed by atoms with Crippen molar-refractivity contribution in [1.29, 1.82) is 0 Å². The minimum absolute atomic E-state index is 0.00276. The SMILES string of the molecule is COc1ccccc1NC(=O)C(C)N(C)CCC(=O)O. The lowest BCUT2D eigenvalue weighted by Crippen LogP contribution is -2.40. The molecular formula is C14H20N2O4. The summed E-state index contributed by atoms with van der Waals surface area (Å²) in [6, 6.07) is 6.70. The zero-order valence-electron chi connectivity index (χ0n) is 11.9. The van der Waals surface area contributed by atoms with E-state index in [4.69, 9.17) is 9.84 Å². The van der Waals surface area contributed by atoms with E-state index in [0.717, 1.165) is 0 Å². The highest BCUT2D eigenvalue weighted by Crippen LogP contribution is 2.23. The molecule has 1 aromatic rings. The predicted octanol–water partition coefficient (Wildman–Crippen LogP) is 1.43. The molecule has 0 aliphatic heterocycles. The average Bonchev–Trinajstić information content (AvgIpc) is 2.44. The molecule has 1 atom stereocenters. The van der Waals surface area contributed by atoms with E-state index in [1.807, 2.05) is 6.07 Å². The number of rotatable bonds is 7. The molecule has 0 bridgehead atoms. The second kappa shape index (κ2) is 7.49. The first-order chi connectivity index (χ1) is 9.45. The normalized spacial score (nSPS) is 12.0. The lowest BCUT2D eigenvalue weighted by Gasteiger charge is -2.23. The number of hydrogen-bond donors (Lipinski definition) is 2. The zero-order valence-corrected chi connectivity index (χ0v) is 11.9. The van der Waals surface area contributed by atoms with Crippen LogP contribution in [0.25, 0.3) is 0 Å². The van der Waals surface area contributed by atoms with Gasteiger partial charge in [-0.05, 0) is 26.1 Å². The van der Waals surface area contributed by atoms with E-state index in [2.05, 4.69) is 5.32 Å². The largest absolute Gasteiger partial charge is 0.495 e. The quantitative estimate of drug-likeness (QED) is 0.790. The fourth-order valence-corrected chi connectivity index (χ4v) is 1.65. The van der Waals surface area contributed by atoms with E-state index < -0.39 is 12.0 Å². The molecule has 0 saturated heterocycles. The van der Waals surface area contributed by atoms with Crippen molar-refractivity contribution in [3.63, 3.8) is 0 Å². The highest BCUT2D eigenvalue weighted by molar-refractivity contribution is 5.95. The number of carbonyl (C=O) groups is 2. The van der Waals surface area contributed by atoms with Crippen LogP contribution >= 0.6 is 0 Å². The first kappa shape index (κ1) is 16.0. The molecule has 0 radical (unpaired) electrons. The molecule has 1 amide bonds. The Bertz CT molecular complexity index is 476. The second-order valence-electron chi connectivity index (χ2n) is 4.49. The molecule has 0 aromatic heterocycles. The number of benzene rings is 1. The van der Waals surface area contributed by atoms with Crippen molar-refractivity contribution in [3.05, 3.63) is 24.3 Å². The number of para-hydroxylation sites is 2. The van der Waals surface area contributed by atoms with Crippen LogP contribution in [0.2, 0.25) is 0 Å². The molecule has 20 heavy (non-hydrogen) atoms. The van der Waals surface area contributed by atoms with Crippen LogP contribution in [0.1, 0.15) is 13.3 Å². The van der Waals surface area contributed by atoms with E-state index in [1.54, 1.807) is 37.1 Å². The van der Waals surface area contributed by atoms with Crippen molar-refractivity contribution in [1.82, 2.24) is 4.90 Å². The summed E-state index contributed by atoms with van der Waals surface area (Å²) >= 11 is 0. The highest BCUT2D eigenvalue weighted by atomic mass is 16.5. The fourth-order valence-electron chi connectivity index (χ4n) is 1.65. The highest BCUT2D eigenvalue weighted by Gasteiger charge is 2.19. The minimum Gasteiger partial charge on any atom is -0.495 e. The maximum atomic E-state index is 12.1. The number of carboxylic acids is 1. The summed E-state index contributed by atoms with van der Waals surface area (Å²) in [6.45, 7) is 2.04. The van der Waals surface area contributed by atoms with Crippen LogP contribution in [0, 0.1) is 0 Å². The van der Waals surface area contributed by atoms with Gasteiger partial charge in [0.2, 0.25) is 5.91 Å². The second-order valence-corrected chi connectivity index (χ2v) is 4.49. The number of nitrogens with one attached hydrogen (secondary N) is 1. The molecule has 1 unspecified atom stereocenters. The molecule has 6 nitrogen and oxygen atoms in total. The molecule has 2 N–H and O–H groups in total. The van der Waals surface area contributed by atoms with Gasteiger partial charge < -0.3 is 15.2 Å². The van der Waals surface area contributed by atoms with Gasteiger partial charge in [-0.2, -0.15) is 0 Å². The molecule has 0 aliphatic rings. The van der Waals surface area contributed by atoms with Gasteiger partial charge in [0, 0.05) is 6.54 Å². The standard InChI is InChI=1S/C14H20N2O4/c1-10(16(2)9-8-13(17)18)14(19)15-11-6-4-5-7-12(11)20-3/h4-7,10H,8-9H2,1-3H3,(H,15,19)(H,17,18). The number of hydrogen-bond acceptors (Lipinski definition) is 4. The average molecular weight is 280 g/mol. The van der Waals surface area contributed by atoms with Crippen molar-refractivity contribution >= 4 is 17.6 Å². The molecule has 0 heterocycles. The summed E-state index contributed by atoms with van der Waals surface area (Å²) in [7, 11) is 3.25. The Morgan fingerprint density at radius 2 is 2.05 bits per heavy atom.